The first-order valence-electron chi connectivity index (χ1n) is 4.33. The van der Waals surface area contributed by atoms with E-state index in [0.717, 1.165) is 6.20 Å². The van der Waals surface area contributed by atoms with Crippen LogP contribution in [0.5, 0.6) is 5.75 Å². The number of nitrogens with zero attached hydrogens (tertiary/aromatic N) is 1. The molecule has 1 fully saturated rings. The Hall–Kier alpha value is -1.30. The molecule has 1 aliphatic heterocycles. The van der Waals surface area contributed by atoms with Crippen LogP contribution in [0, 0.1) is 0 Å². The van der Waals surface area contributed by atoms with Crippen LogP contribution in [0.4, 0.5) is 13.2 Å². The van der Waals surface area contributed by atoms with Gasteiger partial charge in [0.25, 0.3) is 0 Å². The van der Waals surface area contributed by atoms with Gasteiger partial charge in [0.1, 0.15) is 11.9 Å². The SMILES string of the molecule is CC1OC1c1ccc(OC(F)(F)F)cn1. The van der Waals surface area contributed by atoms with Crippen molar-refractivity contribution in [3.05, 3.63) is 24.0 Å². The molecular formula is C9H8F3NO2. The summed E-state index contributed by atoms with van der Waals surface area (Å²) in [5.74, 6) is -0.320. The van der Waals surface area contributed by atoms with Crippen LogP contribution < -0.4 is 4.74 Å². The number of halogens is 3. The Morgan fingerprint density at radius 2 is 2.07 bits per heavy atom. The Labute approximate surface area is 83.8 Å². The van der Waals surface area contributed by atoms with E-state index in [1.807, 2.05) is 6.92 Å². The van der Waals surface area contributed by atoms with Gasteiger partial charge in [-0.3, -0.25) is 4.98 Å². The van der Waals surface area contributed by atoms with Gasteiger partial charge in [-0.2, -0.15) is 0 Å². The van der Waals surface area contributed by atoms with Crippen LogP contribution in [0.1, 0.15) is 18.7 Å². The van der Waals surface area contributed by atoms with Gasteiger partial charge in [-0.05, 0) is 19.1 Å². The second-order valence-electron chi connectivity index (χ2n) is 3.23. The number of hydrogen-bond acceptors (Lipinski definition) is 3. The maximum absolute atomic E-state index is 11.8. The van der Waals surface area contributed by atoms with Crippen LogP contribution in [0.25, 0.3) is 0 Å². The lowest BCUT2D eigenvalue weighted by Crippen LogP contribution is -2.17. The van der Waals surface area contributed by atoms with Crippen LogP contribution in [-0.4, -0.2) is 17.5 Å². The van der Waals surface area contributed by atoms with E-state index < -0.39 is 6.36 Å². The zero-order valence-electron chi connectivity index (χ0n) is 7.78. The highest BCUT2D eigenvalue weighted by Gasteiger charge is 2.37. The predicted molar refractivity (Wildman–Crippen MR) is 44.2 cm³/mol. The normalized spacial score (nSPS) is 25.1. The molecule has 3 nitrogen and oxygen atoms in total. The quantitative estimate of drug-likeness (QED) is 0.716. The molecule has 82 valence electrons. The van der Waals surface area contributed by atoms with E-state index in [-0.39, 0.29) is 18.0 Å². The summed E-state index contributed by atoms with van der Waals surface area (Å²) in [6.45, 7) is 1.87. The van der Waals surface area contributed by atoms with Gasteiger partial charge in [0.2, 0.25) is 0 Å². The Balaban J connectivity index is 2.04. The summed E-state index contributed by atoms with van der Waals surface area (Å²) >= 11 is 0. The summed E-state index contributed by atoms with van der Waals surface area (Å²) in [6, 6.07) is 2.69. The van der Waals surface area contributed by atoms with Gasteiger partial charge in [0, 0.05) is 0 Å². The zero-order valence-corrected chi connectivity index (χ0v) is 7.78. The van der Waals surface area contributed by atoms with Gasteiger partial charge >= 0.3 is 6.36 Å². The number of epoxide rings is 1. The molecule has 1 aromatic heterocycles. The minimum absolute atomic E-state index is 0.0897. The van der Waals surface area contributed by atoms with E-state index in [1.165, 1.54) is 12.1 Å². The third-order valence-electron chi connectivity index (χ3n) is 2.00. The molecule has 0 amide bonds. The lowest BCUT2D eigenvalue weighted by atomic mass is 10.2. The van der Waals surface area contributed by atoms with E-state index in [2.05, 4.69) is 9.72 Å². The van der Waals surface area contributed by atoms with E-state index >= 15 is 0 Å². The third kappa shape index (κ3) is 2.59. The fourth-order valence-corrected chi connectivity index (χ4v) is 1.25. The van der Waals surface area contributed by atoms with Crippen LogP contribution in [-0.2, 0) is 4.74 Å². The number of hydrogen-bond donors (Lipinski definition) is 0. The van der Waals surface area contributed by atoms with Crippen molar-refractivity contribution < 1.29 is 22.6 Å². The zero-order chi connectivity index (χ0) is 11.1. The molecule has 15 heavy (non-hydrogen) atoms. The van der Waals surface area contributed by atoms with Crippen LogP contribution in [0.3, 0.4) is 0 Å². The molecule has 2 unspecified atom stereocenters. The maximum atomic E-state index is 11.8. The standard InChI is InChI=1S/C9H8F3NO2/c1-5-8(14-5)7-3-2-6(4-13-7)15-9(10,11)12/h2-5,8H,1H3. The van der Waals surface area contributed by atoms with Crippen molar-refractivity contribution in [2.24, 2.45) is 0 Å². The Bertz CT molecular complexity index is 349. The summed E-state index contributed by atoms with van der Waals surface area (Å²) in [7, 11) is 0. The van der Waals surface area contributed by atoms with E-state index in [0.29, 0.717) is 5.69 Å². The molecule has 1 aromatic rings. The third-order valence-corrected chi connectivity index (χ3v) is 2.00. The molecule has 2 rings (SSSR count). The van der Waals surface area contributed by atoms with Crippen molar-refractivity contribution in [1.82, 2.24) is 4.98 Å². The van der Waals surface area contributed by atoms with Crippen LogP contribution >= 0.6 is 0 Å². The number of alkyl halides is 3. The van der Waals surface area contributed by atoms with Crippen LogP contribution in [0.15, 0.2) is 18.3 Å². The molecule has 1 aliphatic rings. The Kier molecular flexibility index (Phi) is 2.30. The maximum Gasteiger partial charge on any atom is 0.573 e. The second-order valence-corrected chi connectivity index (χ2v) is 3.23. The molecule has 2 heterocycles. The molecular weight excluding hydrogens is 211 g/mol. The van der Waals surface area contributed by atoms with Crippen molar-refractivity contribution in [1.29, 1.82) is 0 Å². The van der Waals surface area contributed by atoms with E-state index in [4.69, 9.17) is 4.74 Å². The Morgan fingerprint density at radius 1 is 1.40 bits per heavy atom. The van der Waals surface area contributed by atoms with Crippen molar-refractivity contribution in [2.45, 2.75) is 25.5 Å². The van der Waals surface area contributed by atoms with Crippen molar-refractivity contribution in [2.75, 3.05) is 0 Å². The monoisotopic (exact) mass is 219 g/mol. The molecule has 0 spiro atoms. The highest BCUT2D eigenvalue weighted by Crippen LogP contribution is 2.37. The summed E-state index contributed by atoms with van der Waals surface area (Å²) in [5, 5.41) is 0. The fraction of sp³-hybridized carbons (Fsp3) is 0.444. The molecule has 0 aliphatic carbocycles. The lowest BCUT2D eigenvalue weighted by molar-refractivity contribution is -0.274. The summed E-state index contributed by atoms with van der Waals surface area (Å²) in [5.41, 5.74) is 0.622. The molecule has 0 bridgehead atoms. The average Bonchev–Trinajstić information content (AvgIpc) is 2.81. The number of pyridine rings is 1. The summed E-state index contributed by atoms with van der Waals surface area (Å²) in [4.78, 5) is 3.83. The van der Waals surface area contributed by atoms with Gasteiger partial charge in [-0.25, -0.2) is 0 Å². The largest absolute Gasteiger partial charge is 0.573 e. The van der Waals surface area contributed by atoms with Gasteiger partial charge in [-0.15, -0.1) is 13.2 Å². The molecule has 2 atom stereocenters. The minimum atomic E-state index is -4.67. The first kappa shape index (κ1) is 10.2. The molecule has 6 heteroatoms. The number of ether oxygens (including phenoxy) is 2. The first-order chi connectivity index (χ1) is 6.96. The number of rotatable bonds is 2. The highest BCUT2D eigenvalue weighted by molar-refractivity contribution is 5.23. The van der Waals surface area contributed by atoms with Crippen molar-refractivity contribution in [3.63, 3.8) is 0 Å². The second kappa shape index (κ2) is 3.37. The lowest BCUT2D eigenvalue weighted by Gasteiger charge is -2.07. The molecule has 1 saturated heterocycles. The van der Waals surface area contributed by atoms with E-state index in [1.54, 1.807) is 0 Å². The van der Waals surface area contributed by atoms with Gasteiger partial charge in [-0.1, -0.05) is 0 Å². The average molecular weight is 219 g/mol. The van der Waals surface area contributed by atoms with Gasteiger partial charge in [0.05, 0.1) is 18.0 Å². The predicted octanol–water partition coefficient (Wildman–Crippen LogP) is 2.44. The fourth-order valence-electron chi connectivity index (χ4n) is 1.25. The van der Waals surface area contributed by atoms with Gasteiger partial charge < -0.3 is 9.47 Å². The van der Waals surface area contributed by atoms with Crippen molar-refractivity contribution in [3.8, 4) is 5.75 Å². The molecule has 0 N–H and O–H groups in total. The summed E-state index contributed by atoms with van der Waals surface area (Å²) < 4.78 is 44.2. The summed E-state index contributed by atoms with van der Waals surface area (Å²) in [6.07, 6.45) is -3.64. The topological polar surface area (TPSA) is 34.6 Å². The van der Waals surface area contributed by atoms with E-state index in [9.17, 15) is 13.2 Å². The highest BCUT2D eigenvalue weighted by atomic mass is 19.4. The minimum Gasteiger partial charge on any atom is -0.404 e. The van der Waals surface area contributed by atoms with Crippen molar-refractivity contribution >= 4 is 0 Å². The first-order valence-corrected chi connectivity index (χ1v) is 4.33. The smallest absolute Gasteiger partial charge is 0.404 e. The van der Waals surface area contributed by atoms with Crippen LogP contribution in [0.2, 0.25) is 0 Å². The Morgan fingerprint density at radius 3 is 2.47 bits per heavy atom. The number of aromatic nitrogens is 1. The molecule has 0 aromatic carbocycles. The molecule has 0 radical (unpaired) electrons. The van der Waals surface area contributed by atoms with Gasteiger partial charge in [0.15, 0.2) is 0 Å². The molecule has 0 saturated carbocycles.